The number of carbonyl (C=O) groups is 1. The van der Waals surface area contributed by atoms with E-state index >= 15 is 0 Å². The van der Waals surface area contributed by atoms with Gasteiger partial charge in [0.05, 0.1) is 18.6 Å². The van der Waals surface area contributed by atoms with E-state index in [1.54, 1.807) is 0 Å². The summed E-state index contributed by atoms with van der Waals surface area (Å²) in [6, 6.07) is 8.10. The second kappa shape index (κ2) is 3.84. The standard InChI is InChI=1S/C14H16O3/c15-13(16)14(6-1-7-14)12-4-2-10(3-5-12)11-8-17-9-11/h2-5,11H,1,6-9H2,(H,15,16). The summed E-state index contributed by atoms with van der Waals surface area (Å²) in [6.07, 6.45) is 2.56. The molecule has 2 fully saturated rings. The van der Waals surface area contributed by atoms with Gasteiger partial charge in [-0.05, 0) is 24.0 Å². The number of carboxylic acids is 1. The molecule has 1 heterocycles. The van der Waals surface area contributed by atoms with Crippen molar-refractivity contribution in [3.8, 4) is 0 Å². The summed E-state index contributed by atoms with van der Waals surface area (Å²) in [5.41, 5.74) is 1.62. The van der Waals surface area contributed by atoms with Crippen molar-refractivity contribution in [2.75, 3.05) is 13.2 Å². The molecule has 1 saturated heterocycles. The van der Waals surface area contributed by atoms with Crippen LogP contribution in [0.3, 0.4) is 0 Å². The third-order valence-electron chi connectivity index (χ3n) is 4.19. The average Bonchev–Trinajstić information content (AvgIpc) is 2.15. The molecule has 1 saturated carbocycles. The van der Waals surface area contributed by atoms with Crippen molar-refractivity contribution in [1.29, 1.82) is 0 Å². The molecule has 1 aliphatic heterocycles. The molecule has 0 aromatic heterocycles. The van der Waals surface area contributed by atoms with E-state index in [2.05, 4.69) is 12.1 Å². The molecular formula is C14H16O3. The lowest BCUT2D eigenvalue weighted by Crippen LogP contribution is -2.42. The van der Waals surface area contributed by atoms with Crippen LogP contribution in [0.15, 0.2) is 24.3 Å². The highest BCUT2D eigenvalue weighted by Gasteiger charge is 2.45. The minimum atomic E-state index is -0.677. The first-order chi connectivity index (χ1) is 8.22. The van der Waals surface area contributed by atoms with Gasteiger partial charge in [0.2, 0.25) is 0 Å². The van der Waals surface area contributed by atoms with Crippen LogP contribution in [0, 0.1) is 0 Å². The van der Waals surface area contributed by atoms with Crippen LogP contribution in [0.1, 0.15) is 36.3 Å². The molecule has 2 aliphatic rings. The molecule has 17 heavy (non-hydrogen) atoms. The van der Waals surface area contributed by atoms with Crippen molar-refractivity contribution < 1.29 is 14.6 Å². The number of aliphatic carboxylic acids is 1. The van der Waals surface area contributed by atoms with Crippen LogP contribution in [0.4, 0.5) is 0 Å². The summed E-state index contributed by atoms with van der Waals surface area (Å²) in [7, 11) is 0. The van der Waals surface area contributed by atoms with E-state index in [4.69, 9.17) is 4.74 Å². The van der Waals surface area contributed by atoms with Gasteiger partial charge in [0.1, 0.15) is 0 Å². The molecule has 0 unspecified atom stereocenters. The summed E-state index contributed by atoms with van der Waals surface area (Å²) in [6.45, 7) is 1.59. The SMILES string of the molecule is O=C(O)C1(c2ccc(C3COC3)cc2)CCC1. The highest BCUT2D eigenvalue weighted by molar-refractivity contribution is 5.82. The lowest BCUT2D eigenvalue weighted by Gasteiger charge is -2.38. The summed E-state index contributed by atoms with van der Waals surface area (Å²) >= 11 is 0. The van der Waals surface area contributed by atoms with Gasteiger partial charge < -0.3 is 9.84 Å². The highest BCUT2D eigenvalue weighted by atomic mass is 16.5. The molecule has 1 aliphatic carbocycles. The molecule has 0 radical (unpaired) electrons. The van der Waals surface area contributed by atoms with Crippen LogP contribution in [-0.4, -0.2) is 24.3 Å². The molecular weight excluding hydrogens is 216 g/mol. The first-order valence-corrected chi connectivity index (χ1v) is 6.14. The molecule has 0 amide bonds. The fourth-order valence-electron chi connectivity index (χ4n) is 2.66. The van der Waals surface area contributed by atoms with Crippen LogP contribution in [-0.2, 0) is 14.9 Å². The van der Waals surface area contributed by atoms with Crippen molar-refractivity contribution in [1.82, 2.24) is 0 Å². The largest absolute Gasteiger partial charge is 0.481 e. The van der Waals surface area contributed by atoms with Gasteiger partial charge in [0, 0.05) is 5.92 Å². The fourth-order valence-corrected chi connectivity index (χ4v) is 2.66. The maximum Gasteiger partial charge on any atom is 0.314 e. The van der Waals surface area contributed by atoms with E-state index in [9.17, 15) is 9.90 Å². The van der Waals surface area contributed by atoms with Crippen LogP contribution >= 0.6 is 0 Å². The van der Waals surface area contributed by atoms with Crippen LogP contribution in [0.25, 0.3) is 0 Å². The van der Waals surface area contributed by atoms with Gasteiger partial charge in [-0.2, -0.15) is 0 Å². The number of carboxylic acid groups (broad SMARTS) is 1. The van der Waals surface area contributed by atoms with Crippen LogP contribution < -0.4 is 0 Å². The van der Waals surface area contributed by atoms with Gasteiger partial charge in [-0.3, -0.25) is 4.79 Å². The Bertz CT molecular complexity index is 427. The Hall–Kier alpha value is -1.35. The maximum atomic E-state index is 11.4. The molecule has 0 spiro atoms. The molecule has 1 aromatic carbocycles. The Labute approximate surface area is 100 Å². The van der Waals surface area contributed by atoms with E-state index in [-0.39, 0.29) is 0 Å². The van der Waals surface area contributed by atoms with Crippen molar-refractivity contribution in [2.45, 2.75) is 30.6 Å². The van der Waals surface area contributed by atoms with Crippen LogP contribution in [0.5, 0.6) is 0 Å². The summed E-state index contributed by atoms with van der Waals surface area (Å²) in [5, 5.41) is 9.35. The van der Waals surface area contributed by atoms with Gasteiger partial charge in [-0.1, -0.05) is 30.7 Å². The van der Waals surface area contributed by atoms with Crippen molar-refractivity contribution in [3.63, 3.8) is 0 Å². The molecule has 3 rings (SSSR count). The monoisotopic (exact) mass is 232 g/mol. The maximum absolute atomic E-state index is 11.4. The van der Waals surface area contributed by atoms with Gasteiger partial charge in [-0.15, -0.1) is 0 Å². The smallest absolute Gasteiger partial charge is 0.314 e. The van der Waals surface area contributed by atoms with E-state index in [0.717, 1.165) is 38.0 Å². The first-order valence-electron chi connectivity index (χ1n) is 6.14. The second-order valence-corrected chi connectivity index (χ2v) is 5.10. The Morgan fingerprint density at radius 1 is 1.24 bits per heavy atom. The number of rotatable bonds is 3. The van der Waals surface area contributed by atoms with E-state index in [1.807, 2.05) is 12.1 Å². The quantitative estimate of drug-likeness (QED) is 0.869. The van der Waals surface area contributed by atoms with Crippen molar-refractivity contribution in [2.24, 2.45) is 0 Å². The molecule has 90 valence electrons. The Kier molecular flexibility index (Phi) is 2.44. The Balaban J connectivity index is 1.86. The molecule has 3 nitrogen and oxygen atoms in total. The third-order valence-corrected chi connectivity index (χ3v) is 4.19. The Morgan fingerprint density at radius 2 is 1.88 bits per heavy atom. The zero-order chi connectivity index (χ0) is 11.9. The van der Waals surface area contributed by atoms with Gasteiger partial charge >= 0.3 is 5.97 Å². The average molecular weight is 232 g/mol. The normalized spacial score (nSPS) is 22.6. The number of hydrogen-bond acceptors (Lipinski definition) is 2. The van der Waals surface area contributed by atoms with Gasteiger partial charge in [0.15, 0.2) is 0 Å². The lowest BCUT2D eigenvalue weighted by molar-refractivity contribution is -0.147. The van der Waals surface area contributed by atoms with Crippen molar-refractivity contribution in [3.05, 3.63) is 35.4 Å². The minimum absolute atomic E-state index is 0.506. The fraction of sp³-hybridized carbons (Fsp3) is 0.500. The summed E-state index contributed by atoms with van der Waals surface area (Å²) in [4.78, 5) is 11.4. The van der Waals surface area contributed by atoms with E-state index < -0.39 is 11.4 Å². The topological polar surface area (TPSA) is 46.5 Å². The van der Waals surface area contributed by atoms with Crippen molar-refractivity contribution >= 4 is 5.97 Å². The molecule has 1 N–H and O–H groups in total. The second-order valence-electron chi connectivity index (χ2n) is 5.10. The number of benzene rings is 1. The van der Waals surface area contributed by atoms with E-state index in [1.165, 1.54) is 5.56 Å². The predicted octanol–water partition coefficient (Wildman–Crippen LogP) is 2.31. The first kappa shape index (κ1) is 10.8. The summed E-state index contributed by atoms with van der Waals surface area (Å²) < 4.78 is 5.16. The number of ether oxygens (including phenoxy) is 1. The molecule has 0 atom stereocenters. The molecule has 3 heteroatoms. The zero-order valence-corrected chi connectivity index (χ0v) is 9.69. The molecule has 1 aromatic rings. The molecule has 0 bridgehead atoms. The van der Waals surface area contributed by atoms with E-state index in [0.29, 0.717) is 5.92 Å². The highest BCUT2D eigenvalue weighted by Crippen LogP contribution is 2.44. The van der Waals surface area contributed by atoms with Gasteiger partial charge in [-0.25, -0.2) is 0 Å². The predicted molar refractivity (Wildman–Crippen MR) is 63.2 cm³/mol. The Morgan fingerprint density at radius 3 is 2.24 bits per heavy atom. The van der Waals surface area contributed by atoms with Crippen LogP contribution in [0.2, 0.25) is 0 Å². The minimum Gasteiger partial charge on any atom is -0.481 e. The van der Waals surface area contributed by atoms with Gasteiger partial charge in [0.25, 0.3) is 0 Å². The third kappa shape index (κ3) is 1.57. The zero-order valence-electron chi connectivity index (χ0n) is 9.69. The lowest BCUT2D eigenvalue weighted by atomic mass is 9.64. The summed E-state index contributed by atoms with van der Waals surface area (Å²) in [5.74, 6) is -0.172. The number of hydrogen-bond donors (Lipinski definition) is 1.